The van der Waals surface area contributed by atoms with Gasteiger partial charge in [-0.25, -0.2) is 9.18 Å². The molecule has 1 amide bonds. The summed E-state index contributed by atoms with van der Waals surface area (Å²) in [6, 6.07) is 7.85. The number of nitriles is 1. The first-order chi connectivity index (χ1) is 13.8. The Balaban J connectivity index is 1.68. The van der Waals surface area contributed by atoms with Crippen LogP contribution in [0.25, 0.3) is 0 Å². The molecule has 0 saturated carbocycles. The largest absolute Gasteiger partial charge is 0.354 e. The topological polar surface area (TPSA) is 103 Å². The molecule has 1 aromatic carbocycles. The number of benzene rings is 1. The van der Waals surface area contributed by atoms with Crippen molar-refractivity contribution in [3.8, 4) is 6.07 Å². The van der Waals surface area contributed by atoms with Crippen LogP contribution >= 0.6 is 0 Å². The summed E-state index contributed by atoms with van der Waals surface area (Å²) >= 11 is 0. The van der Waals surface area contributed by atoms with Crippen LogP contribution in [0.3, 0.4) is 0 Å². The van der Waals surface area contributed by atoms with Crippen molar-refractivity contribution >= 4 is 17.4 Å². The average Bonchev–Trinajstić information content (AvgIpc) is 2.71. The van der Waals surface area contributed by atoms with E-state index in [-0.39, 0.29) is 29.5 Å². The van der Waals surface area contributed by atoms with E-state index in [4.69, 9.17) is 0 Å². The average molecular weight is 400 g/mol. The van der Waals surface area contributed by atoms with Crippen LogP contribution in [0, 0.1) is 17.1 Å². The van der Waals surface area contributed by atoms with Gasteiger partial charge in [-0.3, -0.25) is 23.6 Å². The normalized spacial score (nSPS) is 14.5. The van der Waals surface area contributed by atoms with Gasteiger partial charge in [-0.2, -0.15) is 5.26 Å². The maximum Gasteiger partial charge on any atom is 0.332 e. The van der Waals surface area contributed by atoms with E-state index >= 15 is 0 Å². The monoisotopic (exact) mass is 400 g/mol. The lowest BCUT2D eigenvalue weighted by molar-refractivity contribution is -0.117. The van der Waals surface area contributed by atoms with Crippen LogP contribution in [0.2, 0.25) is 0 Å². The molecule has 0 aliphatic carbocycles. The van der Waals surface area contributed by atoms with Crippen LogP contribution in [-0.4, -0.2) is 52.7 Å². The maximum absolute atomic E-state index is 13.7. The summed E-state index contributed by atoms with van der Waals surface area (Å²) in [5, 5.41) is 12.0. The van der Waals surface area contributed by atoms with E-state index in [1.807, 2.05) is 11.0 Å². The first kappa shape index (κ1) is 20.3. The van der Waals surface area contributed by atoms with Gasteiger partial charge in [0.1, 0.15) is 17.7 Å². The lowest BCUT2D eigenvalue weighted by Crippen LogP contribution is -2.51. The predicted molar refractivity (Wildman–Crippen MR) is 105 cm³/mol. The van der Waals surface area contributed by atoms with Crippen molar-refractivity contribution in [3.05, 3.63) is 56.5 Å². The van der Waals surface area contributed by atoms with Gasteiger partial charge < -0.3 is 10.2 Å². The van der Waals surface area contributed by atoms with Gasteiger partial charge >= 0.3 is 5.69 Å². The Morgan fingerprint density at radius 2 is 1.79 bits per heavy atom. The molecule has 10 heteroatoms. The third kappa shape index (κ3) is 4.05. The van der Waals surface area contributed by atoms with E-state index in [0.717, 1.165) is 4.57 Å². The summed E-state index contributed by atoms with van der Waals surface area (Å²) < 4.78 is 15.9. The fourth-order valence-electron chi connectivity index (χ4n) is 3.37. The number of nitrogens with zero attached hydrogens (tertiary/aromatic N) is 5. The van der Waals surface area contributed by atoms with Crippen molar-refractivity contribution in [1.29, 1.82) is 5.26 Å². The molecule has 9 nitrogen and oxygen atoms in total. The molecule has 1 aliphatic heterocycles. The number of carbonyl (C=O) groups excluding carboxylic acids is 1. The summed E-state index contributed by atoms with van der Waals surface area (Å²) in [7, 11) is 2.85. The number of rotatable bonds is 4. The van der Waals surface area contributed by atoms with Crippen molar-refractivity contribution in [2.75, 3.05) is 42.9 Å². The summed E-state index contributed by atoms with van der Waals surface area (Å²) in [6.07, 6.45) is 0. The highest BCUT2D eigenvalue weighted by atomic mass is 19.1. The molecule has 0 unspecified atom stereocenters. The SMILES string of the molecule is Cn1c(N2CCN(CC(=O)Nc3ccccc3F)CC2)c(C#N)c(=O)n(C)c1=O. The molecule has 1 fully saturated rings. The second kappa shape index (κ2) is 8.28. The van der Waals surface area contributed by atoms with Crippen LogP contribution < -0.4 is 21.5 Å². The van der Waals surface area contributed by atoms with Crippen LogP contribution in [0.4, 0.5) is 15.9 Å². The van der Waals surface area contributed by atoms with E-state index in [9.17, 15) is 24.0 Å². The molecular weight excluding hydrogens is 379 g/mol. The molecule has 0 spiro atoms. The Morgan fingerprint density at radius 3 is 2.41 bits per heavy atom. The number of para-hydroxylation sites is 1. The minimum atomic E-state index is -0.628. The van der Waals surface area contributed by atoms with Gasteiger partial charge in [0.25, 0.3) is 5.56 Å². The number of carbonyl (C=O) groups is 1. The van der Waals surface area contributed by atoms with E-state index < -0.39 is 17.1 Å². The van der Waals surface area contributed by atoms with E-state index in [1.54, 1.807) is 17.0 Å². The fraction of sp³-hybridized carbons (Fsp3) is 0.368. The first-order valence-corrected chi connectivity index (χ1v) is 9.05. The molecule has 0 atom stereocenters. The van der Waals surface area contributed by atoms with Crippen LogP contribution in [0.1, 0.15) is 5.56 Å². The van der Waals surface area contributed by atoms with Gasteiger partial charge in [0.05, 0.1) is 12.2 Å². The fourth-order valence-corrected chi connectivity index (χ4v) is 3.37. The molecule has 3 rings (SSSR count). The molecule has 152 valence electrons. The smallest absolute Gasteiger partial charge is 0.332 e. The van der Waals surface area contributed by atoms with E-state index in [0.29, 0.717) is 26.2 Å². The van der Waals surface area contributed by atoms with Gasteiger partial charge in [-0.1, -0.05) is 12.1 Å². The van der Waals surface area contributed by atoms with Crippen molar-refractivity contribution in [1.82, 2.24) is 14.0 Å². The molecular formula is C19H21FN6O3. The zero-order valence-electron chi connectivity index (χ0n) is 16.2. The Bertz CT molecular complexity index is 1090. The van der Waals surface area contributed by atoms with Crippen molar-refractivity contribution in [2.45, 2.75) is 0 Å². The lowest BCUT2D eigenvalue weighted by atomic mass is 10.2. The molecule has 0 bridgehead atoms. The quantitative estimate of drug-likeness (QED) is 0.766. The molecule has 1 aliphatic rings. The van der Waals surface area contributed by atoms with E-state index in [1.165, 1.54) is 30.8 Å². The third-order valence-electron chi connectivity index (χ3n) is 4.93. The number of nitrogens with one attached hydrogen (secondary N) is 1. The minimum Gasteiger partial charge on any atom is -0.354 e. The molecule has 2 aromatic rings. The van der Waals surface area contributed by atoms with Crippen LogP contribution in [0.15, 0.2) is 33.9 Å². The van der Waals surface area contributed by atoms with Gasteiger partial charge in [0, 0.05) is 40.3 Å². The zero-order chi connectivity index (χ0) is 21.1. The zero-order valence-corrected chi connectivity index (χ0v) is 16.2. The number of anilines is 2. The van der Waals surface area contributed by atoms with Gasteiger partial charge in [-0.15, -0.1) is 0 Å². The van der Waals surface area contributed by atoms with Crippen LogP contribution in [0.5, 0.6) is 0 Å². The number of hydrogen-bond acceptors (Lipinski definition) is 6. The Morgan fingerprint density at radius 1 is 1.14 bits per heavy atom. The molecule has 1 N–H and O–H groups in total. The third-order valence-corrected chi connectivity index (χ3v) is 4.93. The first-order valence-electron chi connectivity index (χ1n) is 9.05. The number of halogens is 1. The molecule has 29 heavy (non-hydrogen) atoms. The Kier molecular flexibility index (Phi) is 5.79. The van der Waals surface area contributed by atoms with Crippen molar-refractivity contribution in [2.24, 2.45) is 14.1 Å². The van der Waals surface area contributed by atoms with Gasteiger partial charge in [0.2, 0.25) is 5.91 Å². The maximum atomic E-state index is 13.7. The van der Waals surface area contributed by atoms with Crippen molar-refractivity contribution < 1.29 is 9.18 Å². The number of piperazine rings is 1. The molecule has 2 heterocycles. The number of aromatic nitrogens is 2. The highest BCUT2D eigenvalue weighted by Crippen LogP contribution is 2.17. The summed E-state index contributed by atoms with van der Waals surface area (Å²) in [4.78, 5) is 40.4. The van der Waals surface area contributed by atoms with Crippen molar-refractivity contribution in [3.63, 3.8) is 0 Å². The molecule has 1 saturated heterocycles. The second-order valence-corrected chi connectivity index (χ2v) is 6.81. The second-order valence-electron chi connectivity index (χ2n) is 6.81. The lowest BCUT2D eigenvalue weighted by Gasteiger charge is -2.36. The van der Waals surface area contributed by atoms with E-state index in [2.05, 4.69) is 5.32 Å². The Labute approximate surface area is 166 Å². The number of hydrogen-bond donors (Lipinski definition) is 1. The van der Waals surface area contributed by atoms with Crippen LogP contribution in [-0.2, 0) is 18.9 Å². The highest BCUT2D eigenvalue weighted by Gasteiger charge is 2.25. The molecule has 1 aromatic heterocycles. The predicted octanol–water partition coefficient (Wildman–Crippen LogP) is -0.145. The Hall–Kier alpha value is -3.45. The number of amides is 1. The highest BCUT2D eigenvalue weighted by molar-refractivity contribution is 5.92. The standard InChI is InChI=1S/C19H21FN6O3/c1-23-17(13(11-21)18(28)24(2)19(23)29)26-9-7-25(8-10-26)12-16(27)22-15-6-4-3-5-14(15)20/h3-6H,7-10,12H2,1-2H3,(H,22,27). The summed E-state index contributed by atoms with van der Waals surface area (Å²) in [5.41, 5.74) is -1.08. The minimum absolute atomic E-state index is 0.0830. The summed E-state index contributed by atoms with van der Waals surface area (Å²) in [5.74, 6) is -0.542. The van der Waals surface area contributed by atoms with Gasteiger partial charge in [-0.05, 0) is 12.1 Å². The summed E-state index contributed by atoms with van der Waals surface area (Å²) in [6.45, 7) is 1.92. The molecule has 0 radical (unpaired) electrons. The van der Waals surface area contributed by atoms with Gasteiger partial charge in [0.15, 0.2) is 5.56 Å².